The van der Waals surface area contributed by atoms with E-state index in [0.717, 1.165) is 22.1 Å². The molecule has 0 atom stereocenters. The number of anilines is 1. The normalized spacial score (nSPS) is 11.7. The molecule has 42 heavy (non-hydrogen) atoms. The van der Waals surface area contributed by atoms with Gasteiger partial charge in [-0.25, -0.2) is 22.6 Å². The van der Waals surface area contributed by atoms with Gasteiger partial charge in [-0.2, -0.15) is 0 Å². The van der Waals surface area contributed by atoms with Crippen LogP contribution in [0.5, 0.6) is 0 Å². The molecule has 0 bridgehead atoms. The summed E-state index contributed by atoms with van der Waals surface area (Å²) in [5, 5.41) is 0.359. The van der Waals surface area contributed by atoms with E-state index in [-0.39, 0.29) is 28.2 Å². The fourth-order valence-electron chi connectivity index (χ4n) is 4.59. The van der Waals surface area contributed by atoms with Gasteiger partial charge in [-0.3, -0.25) is 18.7 Å². The van der Waals surface area contributed by atoms with Crippen molar-refractivity contribution in [2.24, 2.45) is 0 Å². The van der Waals surface area contributed by atoms with E-state index in [1.807, 2.05) is 6.92 Å². The number of benzene rings is 3. The topological polar surface area (TPSA) is 119 Å². The predicted molar refractivity (Wildman–Crippen MR) is 161 cm³/mol. The van der Waals surface area contributed by atoms with Crippen LogP contribution in [0, 0.1) is 12.7 Å². The summed E-state index contributed by atoms with van der Waals surface area (Å²) in [6.45, 7) is 3.94. The third-order valence-electron chi connectivity index (χ3n) is 6.96. The number of hydrogen-bond donors (Lipinski definition) is 2. The molecular weight excluding hydrogens is 581 g/mol. The second-order valence-corrected chi connectivity index (χ2v) is 12.1. The van der Waals surface area contributed by atoms with Crippen molar-refractivity contribution >= 4 is 38.5 Å². The number of nitrogens with zero attached hydrogens (tertiary/aromatic N) is 3. The van der Waals surface area contributed by atoms with Gasteiger partial charge < -0.3 is 4.98 Å². The second kappa shape index (κ2) is 11.9. The van der Waals surface area contributed by atoms with E-state index < -0.39 is 27.1 Å². The minimum Gasteiger partial charge on any atom is -0.336 e. The first-order chi connectivity index (χ1) is 20.1. The lowest BCUT2D eigenvalue weighted by atomic mass is 10.1. The summed E-state index contributed by atoms with van der Waals surface area (Å²) < 4.78 is 45.0. The number of nitrogens with one attached hydrogen (secondary N) is 2. The number of halogens is 2. The van der Waals surface area contributed by atoms with Crippen molar-refractivity contribution < 1.29 is 12.8 Å². The molecule has 0 saturated heterocycles. The summed E-state index contributed by atoms with van der Waals surface area (Å²) in [5.74, 6) is -0.0410. The Morgan fingerprint density at radius 3 is 2.45 bits per heavy atom. The molecule has 0 unspecified atom stereocenters. The van der Waals surface area contributed by atoms with Crippen molar-refractivity contribution in [2.45, 2.75) is 51.1 Å². The predicted octanol–water partition coefficient (Wildman–Crippen LogP) is 5.23. The highest BCUT2D eigenvalue weighted by atomic mass is 35.5. The lowest BCUT2D eigenvalue weighted by Crippen LogP contribution is -2.40. The van der Waals surface area contributed by atoms with Gasteiger partial charge in [0.05, 0.1) is 11.4 Å². The fourth-order valence-corrected chi connectivity index (χ4v) is 5.92. The zero-order chi connectivity index (χ0) is 30.0. The van der Waals surface area contributed by atoms with Crippen LogP contribution >= 0.6 is 11.6 Å². The highest BCUT2D eigenvalue weighted by Gasteiger charge is 2.19. The van der Waals surface area contributed by atoms with Crippen molar-refractivity contribution in [2.75, 3.05) is 4.72 Å². The van der Waals surface area contributed by atoms with Gasteiger partial charge in [0.25, 0.3) is 15.6 Å². The molecule has 0 saturated carbocycles. The molecule has 9 nitrogen and oxygen atoms in total. The molecule has 5 rings (SSSR count). The van der Waals surface area contributed by atoms with Gasteiger partial charge in [-0.15, -0.1) is 0 Å². The van der Waals surface area contributed by atoms with E-state index in [4.69, 9.17) is 11.6 Å². The zero-order valence-electron chi connectivity index (χ0n) is 23.0. The number of fused-ring (bicyclic) bond motifs is 1. The summed E-state index contributed by atoms with van der Waals surface area (Å²) in [4.78, 5) is 34.4. The number of hydrogen-bond acceptors (Lipinski definition) is 5. The largest absolute Gasteiger partial charge is 0.336 e. The smallest absolute Gasteiger partial charge is 0.333 e. The zero-order valence-corrected chi connectivity index (χ0v) is 24.6. The molecule has 0 radical (unpaired) electrons. The molecule has 0 aliphatic carbocycles. The summed E-state index contributed by atoms with van der Waals surface area (Å²) in [7, 11) is -3.84. The lowest BCUT2D eigenvalue weighted by molar-refractivity contribution is 0.553. The average Bonchev–Trinajstić information content (AvgIpc) is 3.38. The maximum atomic E-state index is 14.4. The minimum atomic E-state index is -3.84. The van der Waals surface area contributed by atoms with Crippen LogP contribution in [0.1, 0.15) is 42.3 Å². The molecule has 0 spiro atoms. The van der Waals surface area contributed by atoms with Crippen LogP contribution < -0.4 is 16.0 Å². The molecule has 12 heteroatoms. The number of aryl methyl sites for hydroxylation is 2. The van der Waals surface area contributed by atoms with Crippen LogP contribution in [0.2, 0.25) is 5.02 Å². The first-order valence-electron chi connectivity index (χ1n) is 13.4. The maximum absolute atomic E-state index is 14.4. The summed E-state index contributed by atoms with van der Waals surface area (Å²) >= 11 is 6.10. The van der Waals surface area contributed by atoms with Gasteiger partial charge in [-0.05, 0) is 54.8 Å². The monoisotopic (exact) mass is 609 g/mol. The Balaban J connectivity index is 1.43. The molecular formula is C30H29ClFN5O4S. The molecule has 2 heterocycles. The Labute approximate surface area is 246 Å². The highest BCUT2D eigenvalue weighted by Crippen LogP contribution is 2.23. The second-order valence-electron chi connectivity index (χ2n) is 10.0. The standard InChI is InChI=1S/C30H29ClFN5O4S/c1-3-4-15-36-28-27(29(38)37(30(36)39)18-21-7-5-6-8-25(21)32)33-26(34-28)16-20-10-12-22(13-11-20)35-42(40,41)23-14-9-19(2)24(31)17-23/h5-14,17,35H,3-4,15-16,18H2,1-2H3,(H,33,34). The first-order valence-corrected chi connectivity index (χ1v) is 15.3. The minimum absolute atomic E-state index is 0.0548. The van der Waals surface area contributed by atoms with E-state index in [1.54, 1.807) is 55.5 Å². The van der Waals surface area contributed by atoms with E-state index in [0.29, 0.717) is 35.9 Å². The molecule has 0 aliphatic heterocycles. The van der Waals surface area contributed by atoms with E-state index in [9.17, 15) is 22.4 Å². The van der Waals surface area contributed by atoms with Crippen LogP contribution in [-0.4, -0.2) is 27.5 Å². The number of H-pyrrole nitrogens is 1. The Morgan fingerprint density at radius 2 is 1.76 bits per heavy atom. The van der Waals surface area contributed by atoms with E-state index in [2.05, 4.69) is 14.7 Å². The van der Waals surface area contributed by atoms with Crippen molar-refractivity contribution in [3.05, 3.63) is 121 Å². The lowest BCUT2D eigenvalue weighted by Gasteiger charge is -2.11. The molecule has 2 aromatic heterocycles. The van der Waals surface area contributed by atoms with E-state index in [1.165, 1.54) is 22.8 Å². The van der Waals surface area contributed by atoms with Crippen LogP contribution in [0.3, 0.4) is 0 Å². The van der Waals surface area contributed by atoms with E-state index >= 15 is 0 Å². The SMILES string of the molecule is CCCCn1c(=O)n(Cc2ccccc2F)c(=O)c2[nH]c(Cc3ccc(NS(=O)(=O)c4ccc(C)c(Cl)c4)cc3)nc21. The van der Waals surface area contributed by atoms with Crippen LogP contribution in [0.4, 0.5) is 10.1 Å². The number of imidazole rings is 1. The molecule has 3 aromatic carbocycles. The molecule has 2 N–H and O–H groups in total. The number of aromatic nitrogens is 4. The molecule has 0 amide bonds. The van der Waals surface area contributed by atoms with Crippen LogP contribution in [0.25, 0.3) is 11.2 Å². The summed E-state index contributed by atoms with van der Waals surface area (Å²) in [6.07, 6.45) is 1.82. The molecule has 0 fully saturated rings. The molecule has 0 aliphatic rings. The third kappa shape index (κ3) is 6.02. The van der Waals surface area contributed by atoms with Crippen molar-refractivity contribution in [1.82, 2.24) is 19.1 Å². The number of aromatic amines is 1. The van der Waals surface area contributed by atoms with Gasteiger partial charge in [0.2, 0.25) is 0 Å². The van der Waals surface area contributed by atoms with Crippen LogP contribution in [-0.2, 0) is 29.5 Å². The van der Waals surface area contributed by atoms with Crippen molar-refractivity contribution in [3.8, 4) is 0 Å². The summed E-state index contributed by atoms with van der Waals surface area (Å²) in [6, 6.07) is 17.3. The van der Waals surface area contributed by atoms with Crippen molar-refractivity contribution in [3.63, 3.8) is 0 Å². The summed E-state index contributed by atoms with van der Waals surface area (Å²) in [5.41, 5.74) is 1.46. The molecule has 5 aromatic rings. The number of unbranched alkanes of at least 4 members (excludes halogenated alkanes) is 1. The van der Waals surface area contributed by atoms with Crippen molar-refractivity contribution in [1.29, 1.82) is 0 Å². The molecule has 218 valence electrons. The van der Waals surface area contributed by atoms with Gasteiger partial charge >= 0.3 is 5.69 Å². The number of rotatable bonds is 10. The van der Waals surface area contributed by atoms with Gasteiger partial charge in [0, 0.05) is 29.2 Å². The van der Waals surface area contributed by atoms with Crippen LogP contribution in [0.15, 0.2) is 81.2 Å². The average molecular weight is 610 g/mol. The quantitative estimate of drug-likeness (QED) is 0.225. The van der Waals surface area contributed by atoms with Gasteiger partial charge in [-0.1, -0.05) is 61.3 Å². The first kappa shape index (κ1) is 29.3. The maximum Gasteiger partial charge on any atom is 0.333 e. The Morgan fingerprint density at radius 1 is 1.02 bits per heavy atom. The Kier molecular flexibility index (Phi) is 8.33. The third-order valence-corrected chi connectivity index (χ3v) is 8.75. The number of sulfonamides is 1. The Hall–Kier alpha value is -4.22. The van der Waals surface area contributed by atoms with Gasteiger partial charge in [0.15, 0.2) is 5.65 Å². The highest BCUT2D eigenvalue weighted by molar-refractivity contribution is 7.92. The van der Waals surface area contributed by atoms with Gasteiger partial charge in [0.1, 0.15) is 17.2 Å². The fraction of sp³-hybridized carbons (Fsp3) is 0.233. The Bertz CT molecular complexity index is 2000.